The number of carbonyl (C=O) groups is 1. The summed E-state index contributed by atoms with van der Waals surface area (Å²) in [4.78, 5) is 13.0. The zero-order chi connectivity index (χ0) is 27.3. The summed E-state index contributed by atoms with van der Waals surface area (Å²) in [7, 11) is 0. The molecule has 2 saturated carbocycles. The van der Waals surface area contributed by atoms with Crippen molar-refractivity contribution in [2.75, 3.05) is 0 Å². The van der Waals surface area contributed by atoms with Crippen LogP contribution >= 0.6 is 0 Å². The van der Waals surface area contributed by atoms with Gasteiger partial charge >= 0.3 is 5.97 Å². The number of benzene rings is 1. The monoisotopic (exact) mass is 516 g/mol. The Morgan fingerprint density at radius 3 is 2.45 bits per heavy atom. The van der Waals surface area contributed by atoms with Gasteiger partial charge in [0.15, 0.2) is 0 Å². The number of esters is 1. The summed E-state index contributed by atoms with van der Waals surface area (Å²) in [6, 6.07) is 9.53. The van der Waals surface area contributed by atoms with Crippen LogP contribution in [0.25, 0.3) is 0 Å². The quantitative estimate of drug-likeness (QED) is 0.278. The molecule has 0 heterocycles. The van der Waals surface area contributed by atoms with Crippen molar-refractivity contribution in [1.29, 1.82) is 0 Å². The second kappa shape index (κ2) is 10.3. The summed E-state index contributed by atoms with van der Waals surface area (Å²) in [5.41, 5.74) is 6.53. The van der Waals surface area contributed by atoms with E-state index in [4.69, 9.17) is 4.74 Å². The van der Waals surface area contributed by atoms with Gasteiger partial charge < -0.3 is 4.74 Å². The third kappa shape index (κ3) is 4.62. The summed E-state index contributed by atoms with van der Waals surface area (Å²) < 4.78 is 6.24. The maximum atomic E-state index is 13.0. The first-order valence-electron chi connectivity index (χ1n) is 15.6. The van der Waals surface area contributed by atoms with E-state index in [1.54, 1.807) is 0 Å². The zero-order valence-electron chi connectivity index (χ0n) is 25.2. The molecule has 0 unspecified atom stereocenters. The summed E-state index contributed by atoms with van der Waals surface area (Å²) in [6.45, 7) is 17.0. The Labute approximate surface area is 232 Å². The molecule has 208 valence electrons. The average Bonchev–Trinajstić information content (AvgIpc) is 3.23. The normalized spacial score (nSPS) is 36.5. The highest BCUT2D eigenvalue weighted by Crippen LogP contribution is 2.68. The van der Waals surface area contributed by atoms with E-state index in [0.717, 1.165) is 30.6 Å². The van der Waals surface area contributed by atoms with Crippen molar-refractivity contribution < 1.29 is 9.53 Å². The molecule has 4 aliphatic carbocycles. The fourth-order valence-electron chi connectivity index (χ4n) is 10.1. The SMILES string of the molecule is CC(C)=CCC[C@@H](C)[C@H]1CC[C@@H]2C3=C(CC[C@@]21C)[C@@]1(C)CC[C@H](OC(=O)c2ccccc2)C(C)(C)[C@@H]1CC3. The lowest BCUT2D eigenvalue weighted by Gasteiger charge is -2.60. The largest absolute Gasteiger partial charge is 0.458 e. The van der Waals surface area contributed by atoms with Gasteiger partial charge in [-0.15, -0.1) is 0 Å². The van der Waals surface area contributed by atoms with Gasteiger partial charge in [0.2, 0.25) is 0 Å². The highest BCUT2D eigenvalue weighted by Gasteiger charge is 2.59. The van der Waals surface area contributed by atoms with Crippen molar-refractivity contribution in [2.24, 2.45) is 39.9 Å². The Balaban J connectivity index is 1.34. The minimum atomic E-state index is -0.160. The Hall–Kier alpha value is -1.83. The number of fused-ring (bicyclic) bond motifs is 4. The van der Waals surface area contributed by atoms with Crippen LogP contribution in [-0.2, 0) is 4.74 Å². The van der Waals surface area contributed by atoms with E-state index >= 15 is 0 Å². The van der Waals surface area contributed by atoms with Crippen LogP contribution in [-0.4, -0.2) is 12.1 Å². The molecule has 0 radical (unpaired) electrons. The van der Waals surface area contributed by atoms with Gasteiger partial charge in [0.1, 0.15) is 6.10 Å². The number of hydrogen-bond acceptors (Lipinski definition) is 2. The van der Waals surface area contributed by atoms with Gasteiger partial charge in [0.05, 0.1) is 5.56 Å². The molecule has 1 aromatic rings. The van der Waals surface area contributed by atoms with Crippen molar-refractivity contribution in [3.05, 3.63) is 58.7 Å². The first-order valence-corrected chi connectivity index (χ1v) is 15.6. The molecule has 7 atom stereocenters. The number of ether oxygens (including phenoxy) is 1. The second-order valence-corrected chi connectivity index (χ2v) is 14.7. The first kappa shape index (κ1) is 27.7. The molecule has 2 nitrogen and oxygen atoms in total. The summed E-state index contributed by atoms with van der Waals surface area (Å²) >= 11 is 0. The number of carbonyl (C=O) groups excluding carboxylic acids is 1. The fraction of sp³-hybridized carbons (Fsp3) is 0.694. The number of rotatable bonds is 6. The Morgan fingerprint density at radius 2 is 1.74 bits per heavy atom. The topological polar surface area (TPSA) is 26.3 Å². The van der Waals surface area contributed by atoms with E-state index in [1.165, 1.54) is 56.9 Å². The summed E-state index contributed by atoms with van der Waals surface area (Å²) in [6.07, 6.45) is 15.1. The van der Waals surface area contributed by atoms with Crippen molar-refractivity contribution in [3.8, 4) is 0 Å². The van der Waals surface area contributed by atoms with E-state index in [0.29, 0.717) is 16.9 Å². The van der Waals surface area contributed by atoms with Crippen LogP contribution in [0.1, 0.15) is 123 Å². The molecule has 0 N–H and O–H groups in total. The molecule has 0 amide bonds. The third-order valence-electron chi connectivity index (χ3n) is 12.1. The Kier molecular flexibility index (Phi) is 7.51. The van der Waals surface area contributed by atoms with E-state index in [-0.39, 0.29) is 22.9 Å². The predicted molar refractivity (Wildman–Crippen MR) is 158 cm³/mol. The highest BCUT2D eigenvalue weighted by molar-refractivity contribution is 5.89. The van der Waals surface area contributed by atoms with Crippen molar-refractivity contribution >= 4 is 5.97 Å². The van der Waals surface area contributed by atoms with Crippen LogP contribution in [0.3, 0.4) is 0 Å². The van der Waals surface area contributed by atoms with E-state index in [9.17, 15) is 4.79 Å². The smallest absolute Gasteiger partial charge is 0.338 e. The van der Waals surface area contributed by atoms with Crippen LogP contribution in [0.5, 0.6) is 0 Å². The molecule has 0 aromatic heterocycles. The first-order chi connectivity index (χ1) is 18.0. The van der Waals surface area contributed by atoms with Gasteiger partial charge in [-0.25, -0.2) is 4.79 Å². The predicted octanol–water partition coefficient (Wildman–Crippen LogP) is 9.95. The van der Waals surface area contributed by atoms with Gasteiger partial charge in [-0.1, -0.05) is 75.6 Å². The van der Waals surface area contributed by atoms with Crippen LogP contribution in [0.2, 0.25) is 0 Å². The van der Waals surface area contributed by atoms with E-state index in [2.05, 4.69) is 54.5 Å². The van der Waals surface area contributed by atoms with Gasteiger partial charge in [0, 0.05) is 5.41 Å². The van der Waals surface area contributed by atoms with Gasteiger partial charge in [-0.05, 0) is 125 Å². The van der Waals surface area contributed by atoms with Crippen LogP contribution in [0, 0.1) is 39.9 Å². The molecule has 1 aromatic carbocycles. The number of allylic oxidation sites excluding steroid dienone is 4. The van der Waals surface area contributed by atoms with Crippen LogP contribution in [0.4, 0.5) is 0 Å². The molecule has 2 heteroatoms. The van der Waals surface area contributed by atoms with Crippen molar-refractivity contribution in [1.82, 2.24) is 0 Å². The standard InChI is InChI=1S/C36H52O2/c1-24(2)12-11-13-25(3)28-17-18-29-27-16-19-31-34(4,5)32(38-33(37)26-14-9-8-10-15-26)21-23-36(31,7)30(27)20-22-35(28,29)6/h8-10,12,14-15,25,28-29,31-32H,11,13,16-23H2,1-7H3/t25-,28-,29-,31+,32+,35-,36-/m1/s1. The third-order valence-corrected chi connectivity index (χ3v) is 12.1. The molecule has 0 spiro atoms. The van der Waals surface area contributed by atoms with Crippen LogP contribution in [0.15, 0.2) is 53.1 Å². The number of hydrogen-bond donors (Lipinski definition) is 0. The maximum absolute atomic E-state index is 13.0. The van der Waals surface area contributed by atoms with Crippen LogP contribution < -0.4 is 0 Å². The van der Waals surface area contributed by atoms with Gasteiger partial charge in [-0.3, -0.25) is 0 Å². The fourth-order valence-corrected chi connectivity index (χ4v) is 10.1. The lowest BCUT2D eigenvalue weighted by Crippen LogP contribution is -2.54. The summed E-state index contributed by atoms with van der Waals surface area (Å²) in [5, 5.41) is 0. The molecule has 0 bridgehead atoms. The minimum Gasteiger partial charge on any atom is -0.458 e. The molecular formula is C36H52O2. The van der Waals surface area contributed by atoms with Crippen molar-refractivity contribution in [2.45, 2.75) is 119 Å². The Bertz CT molecular complexity index is 1090. The van der Waals surface area contributed by atoms with E-state index < -0.39 is 0 Å². The molecule has 0 aliphatic heterocycles. The highest BCUT2D eigenvalue weighted by atomic mass is 16.5. The molecule has 0 saturated heterocycles. The Morgan fingerprint density at radius 1 is 1.00 bits per heavy atom. The molecule has 5 rings (SSSR count). The minimum absolute atomic E-state index is 0.0122. The zero-order valence-corrected chi connectivity index (χ0v) is 25.2. The molecule has 38 heavy (non-hydrogen) atoms. The molecule has 2 fully saturated rings. The molecular weight excluding hydrogens is 464 g/mol. The second-order valence-electron chi connectivity index (χ2n) is 14.7. The summed E-state index contributed by atoms with van der Waals surface area (Å²) in [5.74, 6) is 2.87. The molecule has 4 aliphatic rings. The lowest BCUT2D eigenvalue weighted by molar-refractivity contribution is -0.101. The van der Waals surface area contributed by atoms with Gasteiger partial charge in [-0.2, -0.15) is 0 Å². The van der Waals surface area contributed by atoms with Crippen molar-refractivity contribution in [3.63, 3.8) is 0 Å². The maximum Gasteiger partial charge on any atom is 0.338 e. The van der Waals surface area contributed by atoms with E-state index in [1.807, 2.05) is 41.5 Å². The van der Waals surface area contributed by atoms with Gasteiger partial charge in [0.25, 0.3) is 0 Å². The average molecular weight is 517 g/mol. The lowest BCUT2D eigenvalue weighted by atomic mass is 9.45.